The maximum Gasteiger partial charge on any atom is 0.259 e. The Balaban J connectivity index is 2.05. The first-order chi connectivity index (χ1) is 12.6. The van der Waals surface area contributed by atoms with E-state index in [0.29, 0.717) is 23.0 Å². The van der Waals surface area contributed by atoms with Gasteiger partial charge in [0, 0.05) is 11.3 Å². The van der Waals surface area contributed by atoms with Gasteiger partial charge in [-0.2, -0.15) is 5.10 Å². The van der Waals surface area contributed by atoms with Crippen molar-refractivity contribution in [1.29, 1.82) is 0 Å². The van der Waals surface area contributed by atoms with Crippen molar-refractivity contribution in [2.24, 2.45) is 5.10 Å². The highest BCUT2D eigenvalue weighted by Crippen LogP contribution is 2.38. The lowest BCUT2D eigenvalue weighted by molar-refractivity contribution is -0.119. The Morgan fingerprint density at radius 1 is 1.00 bits per heavy atom. The Kier molecular flexibility index (Phi) is 6.84. The van der Waals surface area contributed by atoms with E-state index in [1.165, 1.54) is 0 Å². The third-order valence-electron chi connectivity index (χ3n) is 3.66. The van der Waals surface area contributed by atoms with Gasteiger partial charge in [-0.25, -0.2) is 5.43 Å². The molecule has 7 heteroatoms. The number of para-hydroxylation sites is 1. The molecular formula is C19H23N3O4. The van der Waals surface area contributed by atoms with Crippen LogP contribution in [0.25, 0.3) is 0 Å². The molecule has 2 N–H and O–H groups in total. The molecular weight excluding hydrogens is 334 g/mol. The number of hydrogen-bond acceptors (Lipinski definition) is 6. The molecule has 0 heterocycles. The van der Waals surface area contributed by atoms with Crippen molar-refractivity contribution >= 4 is 17.3 Å². The number of hydrogen-bond donors (Lipinski definition) is 2. The Morgan fingerprint density at radius 2 is 1.62 bits per heavy atom. The molecule has 2 aromatic rings. The van der Waals surface area contributed by atoms with Gasteiger partial charge in [0.25, 0.3) is 5.91 Å². The molecule has 26 heavy (non-hydrogen) atoms. The molecule has 7 nitrogen and oxygen atoms in total. The molecule has 0 fully saturated rings. The van der Waals surface area contributed by atoms with Gasteiger partial charge in [0.1, 0.15) is 0 Å². The number of nitrogens with one attached hydrogen (secondary N) is 2. The van der Waals surface area contributed by atoms with Gasteiger partial charge in [-0.15, -0.1) is 0 Å². The van der Waals surface area contributed by atoms with E-state index in [9.17, 15) is 4.79 Å². The van der Waals surface area contributed by atoms with Gasteiger partial charge in [0.05, 0.1) is 33.6 Å². The van der Waals surface area contributed by atoms with Gasteiger partial charge in [0.15, 0.2) is 11.5 Å². The third kappa shape index (κ3) is 4.89. The summed E-state index contributed by atoms with van der Waals surface area (Å²) in [6, 6.07) is 13.0. The molecule has 0 saturated carbocycles. The maximum absolute atomic E-state index is 11.9. The molecule has 0 radical (unpaired) electrons. The zero-order valence-corrected chi connectivity index (χ0v) is 15.3. The number of ether oxygens (including phenoxy) is 3. The number of benzene rings is 2. The Morgan fingerprint density at radius 3 is 2.15 bits per heavy atom. The molecule has 0 bridgehead atoms. The minimum atomic E-state index is -0.249. The second-order valence-corrected chi connectivity index (χ2v) is 5.37. The summed E-state index contributed by atoms with van der Waals surface area (Å²) in [5.41, 5.74) is 4.75. The van der Waals surface area contributed by atoms with Crippen molar-refractivity contribution in [3.8, 4) is 17.2 Å². The number of carbonyl (C=O) groups excluding carboxylic acids is 1. The van der Waals surface area contributed by atoms with Crippen molar-refractivity contribution in [3.05, 3.63) is 48.0 Å². The van der Waals surface area contributed by atoms with Crippen LogP contribution >= 0.6 is 0 Å². The summed E-state index contributed by atoms with van der Waals surface area (Å²) in [5.74, 6) is 1.30. The number of amides is 1. The monoisotopic (exact) mass is 357 g/mol. The Labute approximate surface area is 153 Å². The van der Waals surface area contributed by atoms with Crippen LogP contribution in [0.3, 0.4) is 0 Å². The highest BCUT2D eigenvalue weighted by atomic mass is 16.5. The maximum atomic E-state index is 11.9. The number of hydrazone groups is 1. The van der Waals surface area contributed by atoms with E-state index in [1.54, 1.807) is 40.4 Å². The second-order valence-electron chi connectivity index (χ2n) is 5.37. The molecule has 0 aliphatic rings. The van der Waals surface area contributed by atoms with Gasteiger partial charge >= 0.3 is 0 Å². The average Bonchev–Trinajstić information content (AvgIpc) is 2.69. The van der Waals surface area contributed by atoms with Crippen LogP contribution in [0.2, 0.25) is 0 Å². The van der Waals surface area contributed by atoms with E-state index >= 15 is 0 Å². The quantitative estimate of drug-likeness (QED) is 0.561. The summed E-state index contributed by atoms with van der Waals surface area (Å²) in [4.78, 5) is 11.9. The molecule has 2 aromatic carbocycles. The third-order valence-corrected chi connectivity index (χ3v) is 3.66. The first kappa shape index (κ1) is 19.1. The van der Waals surface area contributed by atoms with Crippen molar-refractivity contribution in [2.45, 2.75) is 6.92 Å². The number of methoxy groups -OCH3 is 3. The topological polar surface area (TPSA) is 81.2 Å². The van der Waals surface area contributed by atoms with E-state index in [0.717, 1.165) is 11.3 Å². The zero-order valence-electron chi connectivity index (χ0n) is 15.3. The van der Waals surface area contributed by atoms with E-state index in [-0.39, 0.29) is 12.5 Å². The minimum absolute atomic E-state index is 0.121. The fourth-order valence-electron chi connectivity index (χ4n) is 2.28. The summed E-state index contributed by atoms with van der Waals surface area (Å²) >= 11 is 0. The summed E-state index contributed by atoms with van der Waals surface area (Å²) in [6.07, 6.45) is 0. The molecule has 0 aromatic heterocycles. The highest BCUT2D eigenvalue weighted by molar-refractivity contribution is 6.00. The van der Waals surface area contributed by atoms with Crippen LogP contribution in [-0.4, -0.2) is 39.5 Å². The second kappa shape index (κ2) is 9.31. The van der Waals surface area contributed by atoms with Crippen LogP contribution in [0.15, 0.2) is 47.6 Å². The number of nitrogens with zero attached hydrogens (tertiary/aromatic N) is 1. The van der Waals surface area contributed by atoms with Crippen molar-refractivity contribution in [3.63, 3.8) is 0 Å². The normalized spacial score (nSPS) is 10.8. The minimum Gasteiger partial charge on any atom is -0.493 e. The molecule has 2 rings (SSSR count). The molecule has 0 atom stereocenters. The lowest BCUT2D eigenvalue weighted by Gasteiger charge is -2.14. The molecule has 138 valence electrons. The van der Waals surface area contributed by atoms with Crippen LogP contribution in [-0.2, 0) is 4.79 Å². The average molecular weight is 357 g/mol. The summed E-state index contributed by atoms with van der Waals surface area (Å²) in [5, 5.41) is 7.16. The fraction of sp³-hybridized carbons (Fsp3) is 0.263. The standard InChI is InChI=1S/C19H23N3O4/c1-13(14-10-16(24-2)19(26-4)17(11-14)25-3)21-22-18(23)12-20-15-8-6-5-7-9-15/h5-11,20H,12H2,1-4H3,(H,22,23)/b21-13+. The molecule has 1 amide bonds. The van der Waals surface area contributed by atoms with Crippen LogP contribution in [0, 0.1) is 0 Å². The smallest absolute Gasteiger partial charge is 0.259 e. The largest absolute Gasteiger partial charge is 0.493 e. The van der Waals surface area contributed by atoms with Gasteiger partial charge < -0.3 is 19.5 Å². The summed E-state index contributed by atoms with van der Waals surface area (Å²) < 4.78 is 15.9. The predicted molar refractivity (Wildman–Crippen MR) is 101 cm³/mol. The highest BCUT2D eigenvalue weighted by Gasteiger charge is 2.14. The van der Waals surface area contributed by atoms with E-state index < -0.39 is 0 Å². The van der Waals surface area contributed by atoms with Gasteiger partial charge in [-0.3, -0.25) is 4.79 Å². The molecule has 0 aliphatic carbocycles. The SMILES string of the molecule is COc1cc(/C(C)=N/NC(=O)CNc2ccccc2)cc(OC)c1OC. The zero-order chi connectivity index (χ0) is 18.9. The molecule has 0 unspecified atom stereocenters. The number of rotatable bonds is 8. The van der Waals surface area contributed by atoms with Crippen LogP contribution < -0.4 is 25.0 Å². The van der Waals surface area contributed by atoms with E-state index in [1.807, 2.05) is 30.3 Å². The van der Waals surface area contributed by atoms with Crippen molar-refractivity contribution in [2.75, 3.05) is 33.2 Å². The first-order valence-corrected chi connectivity index (χ1v) is 8.01. The fourth-order valence-corrected chi connectivity index (χ4v) is 2.28. The van der Waals surface area contributed by atoms with Crippen LogP contribution in [0.1, 0.15) is 12.5 Å². The number of anilines is 1. The molecule has 0 spiro atoms. The van der Waals surface area contributed by atoms with Gasteiger partial charge in [-0.1, -0.05) is 18.2 Å². The van der Waals surface area contributed by atoms with Crippen molar-refractivity contribution < 1.29 is 19.0 Å². The first-order valence-electron chi connectivity index (χ1n) is 8.01. The van der Waals surface area contributed by atoms with Crippen LogP contribution in [0.4, 0.5) is 5.69 Å². The lowest BCUT2D eigenvalue weighted by atomic mass is 10.1. The Hall–Kier alpha value is -3.22. The van der Waals surface area contributed by atoms with E-state index in [4.69, 9.17) is 14.2 Å². The van der Waals surface area contributed by atoms with Crippen LogP contribution in [0.5, 0.6) is 17.2 Å². The predicted octanol–water partition coefficient (Wildman–Crippen LogP) is 2.66. The number of carbonyl (C=O) groups is 1. The molecule has 0 aliphatic heterocycles. The summed E-state index contributed by atoms with van der Waals surface area (Å²) in [6.45, 7) is 1.90. The van der Waals surface area contributed by atoms with E-state index in [2.05, 4.69) is 15.8 Å². The Bertz CT molecular complexity index is 751. The summed E-state index contributed by atoms with van der Waals surface area (Å²) in [7, 11) is 4.64. The lowest BCUT2D eigenvalue weighted by Crippen LogP contribution is -2.26. The molecule has 0 saturated heterocycles. The van der Waals surface area contributed by atoms with Gasteiger partial charge in [-0.05, 0) is 31.2 Å². The van der Waals surface area contributed by atoms with Gasteiger partial charge in [0.2, 0.25) is 5.75 Å². The van der Waals surface area contributed by atoms with Crippen molar-refractivity contribution in [1.82, 2.24) is 5.43 Å².